The van der Waals surface area contributed by atoms with Gasteiger partial charge in [0.25, 0.3) is 5.91 Å². The van der Waals surface area contributed by atoms with E-state index in [0.29, 0.717) is 6.54 Å². The van der Waals surface area contributed by atoms with Gasteiger partial charge < -0.3 is 10.0 Å². The fourth-order valence-electron chi connectivity index (χ4n) is 1.93. The summed E-state index contributed by atoms with van der Waals surface area (Å²) >= 11 is 0. The van der Waals surface area contributed by atoms with E-state index in [9.17, 15) is 18.0 Å². The molecule has 1 aromatic rings. The number of aliphatic carboxylic acids is 1. The molecule has 1 amide bonds. The van der Waals surface area contributed by atoms with Crippen LogP contribution in [0.5, 0.6) is 0 Å². The van der Waals surface area contributed by atoms with Gasteiger partial charge in [0, 0.05) is 13.6 Å². The standard InChI is InChI=1S/C15H22N2O5S/c1-4-5-10-17(3)14(18)12-8-6-7-9-13(12)23(21,22)16-11(2)15(19)20/h6-9,11,16H,4-5,10H2,1-3H3,(H,19,20)/t11-/m1/s1. The first-order chi connectivity index (χ1) is 10.7. The van der Waals surface area contributed by atoms with Gasteiger partial charge in [0.2, 0.25) is 10.0 Å². The highest BCUT2D eigenvalue weighted by Crippen LogP contribution is 2.17. The van der Waals surface area contributed by atoms with Crippen LogP contribution >= 0.6 is 0 Å². The van der Waals surface area contributed by atoms with Gasteiger partial charge >= 0.3 is 5.97 Å². The summed E-state index contributed by atoms with van der Waals surface area (Å²) in [5, 5.41) is 8.85. The number of amides is 1. The van der Waals surface area contributed by atoms with Gasteiger partial charge in [-0.05, 0) is 25.5 Å². The van der Waals surface area contributed by atoms with Gasteiger partial charge in [-0.15, -0.1) is 0 Å². The number of unbranched alkanes of at least 4 members (excludes halogenated alkanes) is 1. The Morgan fingerprint density at radius 1 is 1.30 bits per heavy atom. The maximum absolute atomic E-state index is 12.5. The molecule has 7 nitrogen and oxygen atoms in total. The Morgan fingerprint density at radius 3 is 2.48 bits per heavy atom. The van der Waals surface area contributed by atoms with Crippen LogP contribution in [0, 0.1) is 0 Å². The maximum atomic E-state index is 12.5. The molecule has 128 valence electrons. The van der Waals surface area contributed by atoms with Crippen LogP contribution in [0.2, 0.25) is 0 Å². The Labute approximate surface area is 136 Å². The number of benzene rings is 1. The molecule has 0 fully saturated rings. The van der Waals surface area contributed by atoms with Crippen molar-refractivity contribution in [3.8, 4) is 0 Å². The van der Waals surface area contributed by atoms with Gasteiger partial charge in [0.1, 0.15) is 6.04 Å². The molecule has 1 atom stereocenters. The fraction of sp³-hybridized carbons (Fsp3) is 0.467. The molecule has 0 bridgehead atoms. The molecule has 23 heavy (non-hydrogen) atoms. The van der Waals surface area contributed by atoms with E-state index >= 15 is 0 Å². The van der Waals surface area contributed by atoms with Gasteiger partial charge in [-0.1, -0.05) is 25.5 Å². The summed E-state index contributed by atoms with van der Waals surface area (Å²) in [5.41, 5.74) is 0.0243. The lowest BCUT2D eigenvalue weighted by atomic mass is 10.2. The van der Waals surface area contributed by atoms with Crippen molar-refractivity contribution in [1.82, 2.24) is 9.62 Å². The summed E-state index contributed by atoms with van der Waals surface area (Å²) in [5.74, 6) is -1.71. The number of nitrogens with zero attached hydrogens (tertiary/aromatic N) is 1. The highest BCUT2D eigenvalue weighted by atomic mass is 32.2. The predicted molar refractivity (Wildman–Crippen MR) is 85.7 cm³/mol. The van der Waals surface area contributed by atoms with Crippen molar-refractivity contribution < 1.29 is 23.1 Å². The quantitative estimate of drug-likeness (QED) is 0.741. The summed E-state index contributed by atoms with van der Waals surface area (Å²) in [6.45, 7) is 3.73. The lowest BCUT2D eigenvalue weighted by Crippen LogP contribution is -2.39. The van der Waals surface area contributed by atoms with E-state index in [4.69, 9.17) is 5.11 Å². The third-order valence-electron chi connectivity index (χ3n) is 3.30. The normalized spacial score (nSPS) is 12.7. The van der Waals surface area contributed by atoms with Crippen molar-refractivity contribution in [3.63, 3.8) is 0 Å². The van der Waals surface area contributed by atoms with E-state index in [1.165, 1.54) is 30.0 Å². The summed E-state index contributed by atoms with van der Waals surface area (Å²) in [6.07, 6.45) is 1.72. The molecular formula is C15H22N2O5S. The minimum absolute atomic E-state index is 0.0243. The Hall–Kier alpha value is -1.93. The Morgan fingerprint density at radius 2 is 1.91 bits per heavy atom. The number of sulfonamides is 1. The number of carbonyl (C=O) groups is 2. The molecule has 0 heterocycles. The number of hydrogen-bond donors (Lipinski definition) is 2. The first kappa shape index (κ1) is 19.1. The summed E-state index contributed by atoms with van der Waals surface area (Å²) in [4.78, 5) is 24.5. The van der Waals surface area contributed by atoms with Crippen molar-refractivity contribution in [1.29, 1.82) is 0 Å². The Kier molecular flexibility index (Phi) is 6.71. The van der Waals surface area contributed by atoms with Crippen LogP contribution in [0.15, 0.2) is 29.2 Å². The molecule has 0 unspecified atom stereocenters. The molecule has 0 saturated heterocycles. The molecule has 0 saturated carbocycles. The molecule has 2 N–H and O–H groups in total. The van der Waals surface area contributed by atoms with Crippen molar-refractivity contribution in [2.75, 3.05) is 13.6 Å². The second-order valence-corrected chi connectivity index (χ2v) is 6.94. The van der Waals surface area contributed by atoms with Crippen molar-refractivity contribution in [2.45, 2.75) is 37.6 Å². The molecule has 0 radical (unpaired) electrons. The van der Waals surface area contributed by atoms with Crippen molar-refractivity contribution >= 4 is 21.9 Å². The Balaban J connectivity index is 3.14. The molecule has 0 aromatic heterocycles. The third-order valence-corrected chi connectivity index (χ3v) is 4.90. The second-order valence-electron chi connectivity index (χ2n) is 5.26. The minimum Gasteiger partial charge on any atom is -0.480 e. The van der Waals surface area contributed by atoms with Crippen LogP contribution in [0.25, 0.3) is 0 Å². The number of carbonyl (C=O) groups excluding carboxylic acids is 1. The molecular weight excluding hydrogens is 320 g/mol. The lowest BCUT2D eigenvalue weighted by molar-refractivity contribution is -0.138. The minimum atomic E-state index is -4.11. The lowest BCUT2D eigenvalue weighted by Gasteiger charge is -2.19. The fourth-order valence-corrected chi connectivity index (χ4v) is 3.32. The molecule has 1 aromatic carbocycles. The molecule has 0 aliphatic rings. The van der Waals surface area contributed by atoms with E-state index in [1.807, 2.05) is 6.92 Å². The van der Waals surface area contributed by atoms with E-state index in [-0.39, 0.29) is 10.5 Å². The van der Waals surface area contributed by atoms with Gasteiger partial charge in [0.15, 0.2) is 0 Å². The van der Waals surface area contributed by atoms with Crippen LogP contribution < -0.4 is 4.72 Å². The van der Waals surface area contributed by atoms with Gasteiger partial charge in [-0.25, -0.2) is 8.42 Å². The van der Waals surface area contributed by atoms with E-state index in [0.717, 1.165) is 12.8 Å². The molecule has 0 aliphatic heterocycles. The van der Waals surface area contributed by atoms with Crippen molar-refractivity contribution in [3.05, 3.63) is 29.8 Å². The third kappa shape index (κ3) is 5.04. The second kappa shape index (κ2) is 8.07. The SMILES string of the molecule is CCCCN(C)C(=O)c1ccccc1S(=O)(=O)N[C@H](C)C(=O)O. The Bertz CT molecular complexity index is 672. The summed E-state index contributed by atoms with van der Waals surface area (Å²) < 4.78 is 26.8. The van der Waals surface area contributed by atoms with Crippen LogP contribution in [-0.4, -0.2) is 49.9 Å². The number of rotatable bonds is 8. The average molecular weight is 342 g/mol. The zero-order chi connectivity index (χ0) is 17.6. The molecule has 1 rings (SSSR count). The number of hydrogen-bond acceptors (Lipinski definition) is 4. The molecule has 0 spiro atoms. The first-order valence-corrected chi connectivity index (χ1v) is 8.78. The zero-order valence-electron chi connectivity index (χ0n) is 13.4. The highest BCUT2D eigenvalue weighted by molar-refractivity contribution is 7.89. The average Bonchev–Trinajstić information content (AvgIpc) is 2.51. The number of carboxylic acids is 1. The number of carboxylic acid groups (broad SMARTS) is 1. The summed E-state index contributed by atoms with van der Waals surface area (Å²) in [7, 11) is -2.51. The van der Waals surface area contributed by atoms with E-state index in [1.54, 1.807) is 13.1 Å². The van der Waals surface area contributed by atoms with Gasteiger partial charge in [0.05, 0.1) is 10.5 Å². The first-order valence-electron chi connectivity index (χ1n) is 7.30. The largest absolute Gasteiger partial charge is 0.480 e. The summed E-state index contributed by atoms with van der Waals surface area (Å²) in [6, 6.07) is 4.48. The topological polar surface area (TPSA) is 104 Å². The van der Waals surface area contributed by atoms with E-state index in [2.05, 4.69) is 4.72 Å². The van der Waals surface area contributed by atoms with Crippen LogP contribution in [-0.2, 0) is 14.8 Å². The van der Waals surface area contributed by atoms with Crippen LogP contribution in [0.4, 0.5) is 0 Å². The highest BCUT2D eigenvalue weighted by Gasteiger charge is 2.27. The predicted octanol–water partition coefficient (Wildman–Crippen LogP) is 1.31. The number of nitrogens with one attached hydrogen (secondary N) is 1. The van der Waals surface area contributed by atoms with Crippen molar-refractivity contribution in [2.24, 2.45) is 0 Å². The van der Waals surface area contributed by atoms with Crippen LogP contribution in [0.3, 0.4) is 0 Å². The van der Waals surface area contributed by atoms with Crippen LogP contribution in [0.1, 0.15) is 37.0 Å². The smallest absolute Gasteiger partial charge is 0.321 e. The monoisotopic (exact) mass is 342 g/mol. The van der Waals surface area contributed by atoms with Gasteiger partial charge in [-0.3, -0.25) is 9.59 Å². The molecule has 0 aliphatic carbocycles. The van der Waals surface area contributed by atoms with Gasteiger partial charge in [-0.2, -0.15) is 4.72 Å². The van der Waals surface area contributed by atoms with E-state index < -0.39 is 27.9 Å². The maximum Gasteiger partial charge on any atom is 0.321 e. The zero-order valence-corrected chi connectivity index (χ0v) is 14.3. The molecule has 8 heteroatoms.